The summed E-state index contributed by atoms with van der Waals surface area (Å²) in [6.07, 6.45) is 1.57. The number of fused-ring (bicyclic) bond motifs is 3. The van der Waals surface area contributed by atoms with Crippen molar-refractivity contribution >= 4 is 23.2 Å². The monoisotopic (exact) mass is 505 g/mol. The molecule has 0 spiro atoms. The van der Waals surface area contributed by atoms with E-state index in [4.69, 9.17) is 5.73 Å². The Labute approximate surface area is 212 Å². The fraction of sp³-hybridized carbons (Fsp3) is 0.333. The number of nitrogens with zero attached hydrogens (tertiary/aromatic N) is 2. The molecule has 1 aromatic heterocycles. The molecule has 192 valence electrons. The smallest absolute Gasteiger partial charge is 0.255 e. The lowest BCUT2D eigenvalue weighted by Gasteiger charge is -2.46. The maximum Gasteiger partial charge on any atom is 0.255 e. The molecular weight excluding hydrogens is 478 g/mol. The van der Waals surface area contributed by atoms with Crippen molar-refractivity contribution in [2.45, 2.75) is 31.4 Å². The SMILES string of the molecule is CN(C)Cc1cc(-c2ccccn2)c2c(c1O)C(O)=C1C(=O)[C@]3(O)C(O)=C(C(N)=O)C(=O)C[C@@H]3C[C@@H]1C2. The van der Waals surface area contributed by atoms with Crippen LogP contribution in [0.15, 0.2) is 47.4 Å². The van der Waals surface area contributed by atoms with Crippen molar-refractivity contribution in [2.75, 3.05) is 14.1 Å². The predicted octanol–water partition coefficient (Wildman–Crippen LogP) is 1.55. The number of phenolic OH excluding ortho intramolecular Hbond substituents is 1. The molecule has 5 rings (SSSR count). The average Bonchev–Trinajstić information content (AvgIpc) is 2.83. The van der Waals surface area contributed by atoms with Crippen molar-refractivity contribution in [1.82, 2.24) is 9.88 Å². The number of Topliss-reactive ketones (excluding diaryl/α,β-unsaturated/α-hetero) is 2. The van der Waals surface area contributed by atoms with Gasteiger partial charge in [0.1, 0.15) is 22.8 Å². The van der Waals surface area contributed by atoms with Crippen LogP contribution < -0.4 is 5.73 Å². The molecule has 0 saturated heterocycles. The number of aliphatic hydroxyl groups is 3. The maximum atomic E-state index is 13.7. The van der Waals surface area contributed by atoms with E-state index in [2.05, 4.69) is 4.98 Å². The number of hydrogen-bond donors (Lipinski definition) is 5. The summed E-state index contributed by atoms with van der Waals surface area (Å²) >= 11 is 0. The van der Waals surface area contributed by atoms with Crippen LogP contribution in [0.25, 0.3) is 17.0 Å². The number of primary amides is 1. The molecule has 1 fully saturated rings. The number of aromatic nitrogens is 1. The first-order chi connectivity index (χ1) is 17.5. The number of aromatic hydroxyl groups is 1. The van der Waals surface area contributed by atoms with Gasteiger partial charge >= 0.3 is 0 Å². The average molecular weight is 506 g/mol. The van der Waals surface area contributed by atoms with Crippen molar-refractivity contribution in [3.8, 4) is 17.0 Å². The second-order valence-electron chi connectivity index (χ2n) is 10.1. The van der Waals surface area contributed by atoms with E-state index < -0.39 is 52.0 Å². The molecule has 1 saturated carbocycles. The first-order valence-electron chi connectivity index (χ1n) is 11.9. The van der Waals surface area contributed by atoms with E-state index in [0.717, 1.165) is 0 Å². The molecule has 0 aliphatic heterocycles. The molecule has 1 aromatic carbocycles. The van der Waals surface area contributed by atoms with Gasteiger partial charge in [0.25, 0.3) is 5.91 Å². The van der Waals surface area contributed by atoms with Crippen LogP contribution in [0.5, 0.6) is 5.75 Å². The molecule has 2 aromatic rings. The van der Waals surface area contributed by atoms with Crippen LogP contribution in [0.2, 0.25) is 0 Å². The minimum absolute atomic E-state index is 0.0622. The summed E-state index contributed by atoms with van der Waals surface area (Å²) in [7, 11) is 3.65. The van der Waals surface area contributed by atoms with E-state index in [1.54, 1.807) is 18.3 Å². The predicted molar refractivity (Wildman–Crippen MR) is 132 cm³/mol. The Bertz CT molecular complexity index is 1430. The summed E-state index contributed by atoms with van der Waals surface area (Å²) in [6.45, 7) is 0.332. The van der Waals surface area contributed by atoms with Crippen molar-refractivity contribution in [3.05, 3.63) is 64.1 Å². The van der Waals surface area contributed by atoms with Gasteiger partial charge in [0, 0.05) is 41.8 Å². The molecule has 3 aliphatic rings. The van der Waals surface area contributed by atoms with Gasteiger partial charge in [0.05, 0.1) is 11.3 Å². The van der Waals surface area contributed by atoms with E-state index in [-0.39, 0.29) is 36.1 Å². The van der Waals surface area contributed by atoms with Gasteiger partial charge in [0.15, 0.2) is 11.4 Å². The zero-order valence-corrected chi connectivity index (χ0v) is 20.4. The number of benzene rings is 1. The number of amides is 1. The lowest BCUT2D eigenvalue weighted by Crippen LogP contribution is -2.58. The van der Waals surface area contributed by atoms with Gasteiger partial charge in [-0.3, -0.25) is 19.4 Å². The van der Waals surface area contributed by atoms with Crippen molar-refractivity contribution < 1.29 is 34.8 Å². The molecule has 0 radical (unpaired) electrons. The minimum Gasteiger partial charge on any atom is -0.508 e. The van der Waals surface area contributed by atoms with Gasteiger partial charge in [-0.15, -0.1) is 0 Å². The molecule has 0 bridgehead atoms. The number of carbonyl (C=O) groups is 3. The van der Waals surface area contributed by atoms with Gasteiger partial charge in [-0.2, -0.15) is 0 Å². The Morgan fingerprint density at radius 3 is 2.54 bits per heavy atom. The van der Waals surface area contributed by atoms with Crippen molar-refractivity contribution in [1.29, 1.82) is 0 Å². The molecule has 10 nitrogen and oxygen atoms in total. The fourth-order valence-electron chi connectivity index (χ4n) is 5.96. The number of nitrogens with two attached hydrogens (primary N) is 1. The normalized spacial score (nSPS) is 25.2. The number of phenols is 1. The number of carbonyl (C=O) groups excluding carboxylic acids is 3. The zero-order chi connectivity index (χ0) is 26.8. The second-order valence-corrected chi connectivity index (χ2v) is 10.1. The first kappa shape index (κ1) is 24.7. The molecule has 10 heteroatoms. The van der Waals surface area contributed by atoms with E-state index in [0.29, 0.717) is 28.9 Å². The summed E-state index contributed by atoms with van der Waals surface area (Å²) in [5.74, 6) is -6.44. The molecule has 3 atom stereocenters. The van der Waals surface area contributed by atoms with Crippen LogP contribution in [-0.2, 0) is 27.3 Å². The molecule has 37 heavy (non-hydrogen) atoms. The Hall–Kier alpha value is -4.02. The minimum atomic E-state index is -2.59. The summed E-state index contributed by atoms with van der Waals surface area (Å²) in [6, 6.07) is 7.21. The van der Waals surface area contributed by atoms with Gasteiger partial charge < -0.3 is 31.1 Å². The van der Waals surface area contributed by atoms with Gasteiger partial charge in [0.2, 0.25) is 5.78 Å². The number of rotatable bonds is 4. The highest BCUT2D eigenvalue weighted by molar-refractivity contribution is 6.22. The molecular formula is C27H27N3O7. The molecule has 3 aliphatic carbocycles. The number of hydrogen-bond acceptors (Lipinski definition) is 9. The standard InChI is InChI=1S/C27H27N3O7/c1-30(2)11-13-9-15(17-5-3-4-6-29-17)16-8-12-7-14-10-18(31)21(26(28)36)25(35)27(14,37)24(34)19(12)23(33)20(16)22(13)32/h3-6,9,12,14,32-33,35,37H,7-8,10-11H2,1-2H3,(H2,28,36)/t12-,14+,27+/m1/s1. The van der Waals surface area contributed by atoms with E-state index >= 15 is 0 Å². The Morgan fingerprint density at radius 2 is 1.92 bits per heavy atom. The van der Waals surface area contributed by atoms with Gasteiger partial charge in [-0.25, -0.2) is 0 Å². The van der Waals surface area contributed by atoms with Crippen LogP contribution in [-0.4, -0.2) is 67.5 Å². The second kappa shape index (κ2) is 8.53. The molecule has 0 unspecified atom stereocenters. The third-order valence-corrected chi connectivity index (χ3v) is 7.57. The van der Waals surface area contributed by atoms with E-state index in [9.17, 15) is 34.8 Å². The summed E-state index contributed by atoms with van der Waals surface area (Å²) in [5, 5.41) is 44.8. The number of pyridine rings is 1. The highest BCUT2D eigenvalue weighted by Gasteiger charge is 2.60. The fourth-order valence-corrected chi connectivity index (χ4v) is 5.96. The van der Waals surface area contributed by atoms with Crippen LogP contribution in [0.1, 0.15) is 29.5 Å². The van der Waals surface area contributed by atoms with Gasteiger partial charge in [-0.05, 0) is 56.6 Å². The van der Waals surface area contributed by atoms with Crippen LogP contribution in [0, 0.1) is 11.8 Å². The van der Waals surface area contributed by atoms with E-state index in [1.807, 2.05) is 31.1 Å². The van der Waals surface area contributed by atoms with Crippen molar-refractivity contribution in [2.24, 2.45) is 17.6 Å². The third-order valence-electron chi connectivity index (χ3n) is 7.57. The Balaban J connectivity index is 1.75. The van der Waals surface area contributed by atoms with Gasteiger partial charge in [-0.1, -0.05) is 6.07 Å². The van der Waals surface area contributed by atoms with E-state index in [1.165, 1.54) is 0 Å². The van der Waals surface area contributed by atoms with Crippen molar-refractivity contribution in [3.63, 3.8) is 0 Å². The lowest BCUT2D eigenvalue weighted by atomic mass is 9.59. The quantitative estimate of drug-likeness (QED) is 0.386. The largest absolute Gasteiger partial charge is 0.508 e. The molecule has 1 heterocycles. The highest BCUT2D eigenvalue weighted by atomic mass is 16.3. The lowest BCUT2D eigenvalue weighted by molar-refractivity contribution is -0.147. The Morgan fingerprint density at radius 1 is 1.19 bits per heavy atom. The highest BCUT2D eigenvalue weighted by Crippen LogP contribution is 2.53. The Kier molecular flexibility index (Phi) is 5.69. The summed E-state index contributed by atoms with van der Waals surface area (Å²) < 4.78 is 0. The molecule has 1 amide bonds. The third kappa shape index (κ3) is 3.55. The van der Waals surface area contributed by atoms with Crippen LogP contribution in [0.4, 0.5) is 0 Å². The van der Waals surface area contributed by atoms with Crippen LogP contribution >= 0.6 is 0 Å². The first-order valence-corrected chi connectivity index (χ1v) is 11.9. The van der Waals surface area contributed by atoms with Crippen LogP contribution in [0.3, 0.4) is 0 Å². The summed E-state index contributed by atoms with van der Waals surface area (Å²) in [5.41, 5.74) is 4.12. The topological polar surface area (TPSA) is 174 Å². The maximum absolute atomic E-state index is 13.7. The zero-order valence-electron chi connectivity index (χ0n) is 20.4. The number of aliphatic hydroxyl groups excluding tert-OH is 2. The number of ketones is 2. The molecule has 6 N–H and O–H groups in total. The summed E-state index contributed by atoms with van der Waals surface area (Å²) in [4.78, 5) is 44.3.